The van der Waals surface area contributed by atoms with Crippen molar-refractivity contribution in [2.45, 2.75) is 38.8 Å². The van der Waals surface area contributed by atoms with Crippen LogP contribution in [0.5, 0.6) is 0 Å². The number of quaternary nitrogens is 1. The number of nitrogens with zero attached hydrogens (tertiary/aromatic N) is 2. The molecule has 6 heteroatoms. The number of hydrogen-bond donors (Lipinski definition) is 2. The van der Waals surface area contributed by atoms with E-state index >= 15 is 0 Å². The lowest BCUT2D eigenvalue weighted by Gasteiger charge is -2.36. The van der Waals surface area contributed by atoms with E-state index in [0.29, 0.717) is 17.6 Å². The van der Waals surface area contributed by atoms with Gasteiger partial charge in [-0.2, -0.15) is 5.10 Å². The molecule has 1 aromatic heterocycles. The Hall–Kier alpha value is -2.63. The molecule has 0 radical (unpaired) electrons. The number of hydrogen-bond acceptors (Lipinski definition) is 2. The molecule has 2 atom stereocenters. The average molecular weight is 422 g/mol. The van der Waals surface area contributed by atoms with Crippen LogP contribution in [0.3, 0.4) is 0 Å². The van der Waals surface area contributed by atoms with Crippen LogP contribution in [0.15, 0.2) is 47.6 Å². The molecule has 1 unspecified atom stereocenters. The SMILES string of the molecule is Cc1ccc2c(c1)c1c3n2CC[NH+](CC(=O)NN=Cc2ccccc2Cl)[C@@H]3CCC1. The molecule has 5 nitrogen and oxygen atoms in total. The maximum atomic E-state index is 12.6. The van der Waals surface area contributed by atoms with Crippen molar-refractivity contribution in [1.82, 2.24) is 9.99 Å². The smallest absolute Gasteiger partial charge is 0.295 e. The van der Waals surface area contributed by atoms with E-state index in [1.165, 1.54) is 39.0 Å². The lowest BCUT2D eigenvalue weighted by molar-refractivity contribution is -0.929. The topological polar surface area (TPSA) is 50.8 Å². The first kappa shape index (κ1) is 19.3. The molecule has 2 aromatic carbocycles. The van der Waals surface area contributed by atoms with Crippen LogP contribution in [0.1, 0.15) is 41.3 Å². The van der Waals surface area contributed by atoms with E-state index in [2.05, 4.69) is 40.2 Å². The number of carbonyl (C=O) groups excluding carboxylic acids is 1. The second-order valence-corrected chi connectivity index (χ2v) is 8.79. The van der Waals surface area contributed by atoms with Crippen molar-refractivity contribution in [3.8, 4) is 0 Å². The highest BCUT2D eigenvalue weighted by Gasteiger charge is 2.38. The first-order valence-corrected chi connectivity index (χ1v) is 11.0. The summed E-state index contributed by atoms with van der Waals surface area (Å²) in [6.45, 7) is 4.51. The molecule has 154 valence electrons. The van der Waals surface area contributed by atoms with Crippen molar-refractivity contribution in [3.63, 3.8) is 0 Å². The average Bonchev–Trinajstić information content (AvgIpc) is 3.06. The summed E-state index contributed by atoms with van der Waals surface area (Å²) in [7, 11) is 0. The van der Waals surface area contributed by atoms with Gasteiger partial charge in [-0.3, -0.25) is 4.79 Å². The molecule has 0 saturated heterocycles. The summed E-state index contributed by atoms with van der Waals surface area (Å²) in [5, 5.41) is 6.14. The zero-order valence-electron chi connectivity index (χ0n) is 17.1. The quantitative estimate of drug-likeness (QED) is 0.493. The summed E-state index contributed by atoms with van der Waals surface area (Å²) < 4.78 is 2.50. The summed E-state index contributed by atoms with van der Waals surface area (Å²) in [5.41, 5.74) is 9.09. The van der Waals surface area contributed by atoms with E-state index in [4.69, 9.17) is 11.6 Å². The molecule has 0 fully saturated rings. The predicted octanol–water partition coefficient (Wildman–Crippen LogP) is 3.03. The Morgan fingerprint density at radius 1 is 1.33 bits per heavy atom. The molecular weight excluding hydrogens is 396 g/mol. The monoisotopic (exact) mass is 421 g/mol. The number of halogens is 1. The third-order valence-corrected chi connectivity index (χ3v) is 6.80. The first-order chi connectivity index (χ1) is 14.6. The Kier molecular flexibility index (Phi) is 5.09. The van der Waals surface area contributed by atoms with Gasteiger partial charge in [-0.05, 0) is 43.5 Å². The van der Waals surface area contributed by atoms with E-state index in [-0.39, 0.29) is 5.91 Å². The Balaban J connectivity index is 1.33. The summed E-state index contributed by atoms with van der Waals surface area (Å²) in [6, 6.07) is 14.6. The van der Waals surface area contributed by atoms with Crippen LogP contribution in [0.2, 0.25) is 5.02 Å². The number of rotatable bonds is 4. The predicted molar refractivity (Wildman–Crippen MR) is 120 cm³/mol. The summed E-state index contributed by atoms with van der Waals surface area (Å²) in [5.74, 6) is -0.0548. The maximum Gasteiger partial charge on any atom is 0.295 e. The van der Waals surface area contributed by atoms with Crippen LogP contribution in [0.4, 0.5) is 0 Å². The zero-order chi connectivity index (χ0) is 20.7. The second-order valence-electron chi connectivity index (χ2n) is 8.38. The molecule has 2 aliphatic rings. The summed E-state index contributed by atoms with van der Waals surface area (Å²) >= 11 is 6.14. The molecule has 0 saturated carbocycles. The van der Waals surface area contributed by atoms with E-state index in [9.17, 15) is 4.79 Å². The van der Waals surface area contributed by atoms with E-state index in [1.807, 2.05) is 24.3 Å². The number of carbonyl (C=O) groups is 1. The van der Waals surface area contributed by atoms with Gasteiger partial charge in [-0.15, -0.1) is 0 Å². The van der Waals surface area contributed by atoms with Gasteiger partial charge in [0.2, 0.25) is 0 Å². The molecule has 1 aliphatic carbocycles. The number of benzene rings is 2. The Morgan fingerprint density at radius 2 is 2.20 bits per heavy atom. The highest BCUT2D eigenvalue weighted by atomic mass is 35.5. The minimum atomic E-state index is -0.0548. The van der Waals surface area contributed by atoms with Crippen molar-refractivity contribution in [2.75, 3.05) is 13.1 Å². The van der Waals surface area contributed by atoms with Gasteiger partial charge in [0, 0.05) is 27.9 Å². The fourth-order valence-corrected chi connectivity index (χ4v) is 5.30. The van der Waals surface area contributed by atoms with E-state index < -0.39 is 0 Å². The third-order valence-electron chi connectivity index (χ3n) is 6.45. The molecule has 0 bridgehead atoms. The molecule has 1 aliphatic heterocycles. The Labute approximate surface area is 181 Å². The van der Waals surface area contributed by atoms with Crippen molar-refractivity contribution in [2.24, 2.45) is 5.10 Å². The van der Waals surface area contributed by atoms with Crippen LogP contribution >= 0.6 is 11.6 Å². The van der Waals surface area contributed by atoms with Crippen LogP contribution in [-0.2, 0) is 17.8 Å². The molecule has 0 spiro atoms. The van der Waals surface area contributed by atoms with Crippen molar-refractivity contribution < 1.29 is 9.69 Å². The lowest BCUT2D eigenvalue weighted by atomic mass is 9.89. The lowest BCUT2D eigenvalue weighted by Crippen LogP contribution is -3.14. The van der Waals surface area contributed by atoms with Gasteiger partial charge in [-0.1, -0.05) is 41.4 Å². The van der Waals surface area contributed by atoms with Crippen LogP contribution < -0.4 is 10.3 Å². The van der Waals surface area contributed by atoms with Gasteiger partial charge in [0.05, 0.1) is 25.0 Å². The second kappa shape index (κ2) is 7.89. The van der Waals surface area contributed by atoms with Crippen molar-refractivity contribution in [3.05, 3.63) is 69.9 Å². The number of aromatic nitrogens is 1. The third kappa shape index (κ3) is 3.42. The van der Waals surface area contributed by atoms with Crippen molar-refractivity contribution >= 4 is 34.6 Å². The number of amides is 1. The van der Waals surface area contributed by atoms with Gasteiger partial charge in [0.25, 0.3) is 5.91 Å². The standard InChI is InChI=1S/C24H25ClN4O/c1-16-9-10-21-19(13-16)18-6-4-8-22-24(18)29(21)12-11-28(22)15-23(30)27-26-14-17-5-2-3-7-20(17)25/h2-3,5,7,9-10,13-14,22H,4,6,8,11-12,15H2,1H3,(H,27,30)/p+1/t22-/m1/s1. The highest BCUT2D eigenvalue weighted by Crippen LogP contribution is 2.37. The van der Waals surface area contributed by atoms with Crippen LogP contribution in [-0.4, -0.2) is 29.8 Å². The van der Waals surface area contributed by atoms with E-state index in [1.54, 1.807) is 6.21 Å². The van der Waals surface area contributed by atoms with Gasteiger partial charge < -0.3 is 9.47 Å². The molecule has 1 amide bonds. The minimum Gasteiger partial charge on any atom is -0.334 e. The Morgan fingerprint density at radius 3 is 3.07 bits per heavy atom. The van der Waals surface area contributed by atoms with Gasteiger partial charge in [0.1, 0.15) is 6.04 Å². The number of fused-ring (bicyclic) bond motifs is 3. The number of aryl methyl sites for hydroxylation is 2. The summed E-state index contributed by atoms with van der Waals surface area (Å²) in [6.07, 6.45) is 5.05. The molecule has 2 heterocycles. The van der Waals surface area contributed by atoms with Crippen LogP contribution in [0.25, 0.3) is 10.9 Å². The minimum absolute atomic E-state index is 0.0548. The molecule has 5 rings (SSSR count). The molecular formula is C24H26ClN4O+. The number of hydrazone groups is 1. The molecule has 30 heavy (non-hydrogen) atoms. The first-order valence-electron chi connectivity index (χ1n) is 10.6. The van der Waals surface area contributed by atoms with Crippen molar-refractivity contribution in [1.29, 1.82) is 0 Å². The maximum absolute atomic E-state index is 12.6. The fourth-order valence-electron chi connectivity index (χ4n) is 5.12. The van der Waals surface area contributed by atoms with Gasteiger partial charge in [-0.25, -0.2) is 5.43 Å². The Bertz CT molecular complexity index is 1150. The van der Waals surface area contributed by atoms with Crippen LogP contribution in [0, 0.1) is 6.92 Å². The number of nitrogens with one attached hydrogen (secondary N) is 2. The highest BCUT2D eigenvalue weighted by molar-refractivity contribution is 6.33. The largest absolute Gasteiger partial charge is 0.334 e. The zero-order valence-corrected chi connectivity index (χ0v) is 17.9. The van der Waals surface area contributed by atoms with E-state index in [0.717, 1.165) is 31.5 Å². The van der Waals surface area contributed by atoms with Gasteiger partial charge >= 0.3 is 0 Å². The summed E-state index contributed by atoms with van der Waals surface area (Å²) in [4.78, 5) is 13.9. The normalized spacial score (nSPS) is 20.5. The molecule has 3 aromatic rings. The fraction of sp³-hybridized carbons (Fsp3) is 0.333. The van der Waals surface area contributed by atoms with Gasteiger partial charge in [0.15, 0.2) is 6.54 Å². The molecule has 2 N–H and O–H groups in total.